The van der Waals surface area contributed by atoms with Crippen LogP contribution in [-0.2, 0) is 11.4 Å². The molecule has 1 aliphatic heterocycles. The molecule has 32 heavy (non-hydrogen) atoms. The summed E-state index contributed by atoms with van der Waals surface area (Å²) in [5.74, 6) is 0.0561. The fourth-order valence-corrected chi connectivity index (χ4v) is 3.87. The summed E-state index contributed by atoms with van der Waals surface area (Å²) in [5, 5.41) is 0. The molecule has 1 aliphatic rings. The Kier molecular flexibility index (Phi) is 6.03. The summed E-state index contributed by atoms with van der Waals surface area (Å²) in [6, 6.07) is 20.9. The molecule has 3 aromatic carbocycles. The largest absolute Gasteiger partial charge is 0.493 e. The molecule has 6 nitrogen and oxygen atoms in total. The van der Waals surface area contributed by atoms with E-state index in [-0.39, 0.29) is 12.2 Å². The van der Waals surface area contributed by atoms with Crippen molar-refractivity contribution in [2.45, 2.75) is 26.0 Å². The SMILES string of the molecule is COc1ccc([C@H](CC(C)=O)N2C(=O)c3ccccc3C2=O)cc1OCc1ccccc1. The van der Waals surface area contributed by atoms with Crippen LogP contribution in [0.4, 0.5) is 0 Å². The third-order valence-corrected chi connectivity index (χ3v) is 5.43. The number of ether oxygens (including phenoxy) is 2. The monoisotopic (exact) mass is 429 g/mol. The van der Waals surface area contributed by atoms with Crippen molar-refractivity contribution in [2.24, 2.45) is 0 Å². The molecule has 1 heterocycles. The van der Waals surface area contributed by atoms with Gasteiger partial charge in [0.05, 0.1) is 24.3 Å². The summed E-state index contributed by atoms with van der Waals surface area (Å²) < 4.78 is 11.4. The van der Waals surface area contributed by atoms with Crippen molar-refractivity contribution in [3.05, 3.63) is 95.1 Å². The summed E-state index contributed by atoms with van der Waals surface area (Å²) in [7, 11) is 1.54. The number of amides is 2. The van der Waals surface area contributed by atoms with Crippen molar-refractivity contribution in [2.75, 3.05) is 7.11 Å². The number of benzene rings is 3. The lowest BCUT2D eigenvalue weighted by Crippen LogP contribution is -2.35. The predicted molar refractivity (Wildman–Crippen MR) is 119 cm³/mol. The van der Waals surface area contributed by atoms with Crippen LogP contribution < -0.4 is 9.47 Å². The number of imide groups is 1. The van der Waals surface area contributed by atoms with Crippen LogP contribution in [0.1, 0.15) is 51.2 Å². The summed E-state index contributed by atoms with van der Waals surface area (Å²) in [4.78, 5) is 39.4. The quantitative estimate of drug-likeness (QED) is 0.490. The van der Waals surface area contributed by atoms with Crippen molar-refractivity contribution < 1.29 is 23.9 Å². The molecular weight excluding hydrogens is 406 g/mol. The molecule has 0 saturated carbocycles. The number of hydrogen-bond donors (Lipinski definition) is 0. The molecule has 1 atom stereocenters. The summed E-state index contributed by atoms with van der Waals surface area (Å²) >= 11 is 0. The van der Waals surface area contributed by atoms with Crippen molar-refractivity contribution in [1.82, 2.24) is 4.90 Å². The smallest absolute Gasteiger partial charge is 0.262 e. The number of methoxy groups -OCH3 is 1. The van der Waals surface area contributed by atoms with E-state index in [0.29, 0.717) is 34.8 Å². The van der Waals surface area contributed by atoms with Gasteiger partial charge < -0.3 is 9.47 Å². The van der Waals surface area contributed by atoms with Gasteiger partial charge in [0.15, 0.2) is 11.5 Å². The Balaban J connectivity index is 1.69. The molecule has 162 valence electrons. The van der Waals surface area contributed by atoms with Crippen LogP contribution in [0.25, 0.3) is 0 Å². The Morgan fingerprint density at radius 2 is 1.50 bits per heavy atom. The minimum Gasteiger partial charge on any atom is -0.493 e. The molecule has 0 N–H and O–H groups in total. The lowest BCUT2D eigenvalue weighted by atomic mass is 9.99. The maximum atomic E-state index is 13.1. The zero-order chi connectivity index (χ0) is 22.7. The molecule has 6 heteroatoms. The maximum absolute atomic E-state index is 13.1. The first-order chi connectivity index (χ1) is 15.5. The van der Waals surface area contributed by atoms with E-state index < -0.39 is 17.9 Å². The highest BCUT2D eigenvalue weighted by molar-refractivity contribution is 6.21. The Hall–Kier alpha value is -3.93. The molecule has 0 fully saturated rings. The fourth-order valence-electron chi connectivity index (χ4n) is 3.87. The number of carbonyl (C=O) groups excluding carboxylic acids is 3. The number of ketones is 1. The Bertz CT molecular complexity index is 1140. The zero-order valence-electron chi connectivity index (χ0n) is 17.9. The van der Waals surface area contributed by atoms with E-state index in [9.17, 15) is 14.4 Å². The second-order valence-electron chi connectivity index (χ2n) is 7.63. The molecule has 2 amide bonds. The van der Waals surface area contributed by atoms with Gasteiger partial charge in [0.2, 0.25) is 0 Å². The van der Waals surface area contributed by atoms with Crippen LogP contribution >= 0.6 is 0 Å². The highest BCUT2D eigenvalue weighted by Crippen LogP contribution is 2.37. The summed E-state index contributed by atoms with van der Waals surface area (Å²) in [6.45, 7) is 1.77. The van der Waals surface area contributed by atoms with E-state index >= 15 is 0 Å². The lowest BCUT2D eigenvalue weighted by Gasteiger charge is -2.26. The van der Waals surface area contributed by atoms with Gasteiger partial charge in [0.1, 0.15) is 12.4 Å². The second-order valence-corrected chi connectivity index (χ2v) is 7.63. The van der Waals surface area contributed by atoms with Crippen LogP contribution in [0, 0.1) is 0 Å². The van der Waals surface area contributed by atoms with Crippen LogP contribution in [-0.4, -0.2) is 29.6 Å². The molecule has 0 aliphatic carbocycles. The fraction of sp³-hybridized carbons (Fsp3) is 0.192. The number of nitrogens with zero attached hydrogens (tertiary/aromatic N) is 1. The van der Waals surface area contributed by atoms with Gasteiger partial charge in [-0.2, -0.15) is 0 Å². The van der Waals surface area contributed by atoms with Gasteiger partial charge in [-0.25, -0.2) is 0 Å². The third-order valence-electron chi connectivity index (χ3n) is 5.43. The topological polar surface area (TPSA) is 72.9 Å². The molecule has 4 rings (SSSR count). The first kappa shape index (κ1) is 21.3. The van der Waals surface area contributed by atoms with E-state index in [2.05, 4.69) is 0 Å². The number of Topliss-reactive ketones (excluding diaryl/α,β-unsaturated/α-hetero) is 1. The number of fused-ring (bicyclic) bond motifs is 1. The molecule has 0 saturated heterocycles. The molecule has 0 radical (unpaired) electrons. The van der Waals surface area contributed by atoms with Crippen molar-refractivity contribution in [3.8, 4) is 11.5 Å². The van der Waals surface area contributed by atoms with E-state index in [0.717, 1.165) is 5.56 Å². The van der Waals surface area contributed by atoms with Crippen molar-refractivity contribution in [1.29, 1.82) is 0 Å². The van der Waals surface area contributed by atoms with Crippen LogP contribution in [0.3, 0.4) is 0 Å². The Morgan fingerprint density at radius 3 is 2.09 bits per heavy atom. The highest BCUT2D eigenvalue weighted by atomic mass is 16.5. The second kappa shape index (κ2) is 9.06. The van der Waals surface area contributed by atoms with Crippen molar-refractivity contribution >= 4 is 17.6 Å². The molecule has 0 unspecified atom stereocenters. The summed E-state index contributed by atoms with van der Waals surface area (Å²) in [5.41, 5.74) is 2.30. The van der Waals surface area contributed by atoms with E-state index in [1.165, 1.54) is 11.8 Å². The maximum Gasteiger partial charge on any atom is 0.262 e. The van der Waals surface area contributed by atoms with Gasteiger partial charge in [-0.1, -0.05) is 48.5 Å². The van der Waals surface area contributed by atoms with Crippen LogP contribution in [0.2, 0.25) is 0 Å². The molecule has 3 aromatic rings. The molecule has 0 spiro atoms. The van der Waals surface area contributed by atoms with Gasteiger partial charge in [-0.15, -0.1) is 0 Å². The number of carbonyl (C=O) groups is 3. The average molecular weight is 429 g/mol. The number of hydrogen-bond acceptors (Lipinski definition) is 5. The normalized spacial score (nSPS) is 13.6. The number of rotatable bonds is 8. The minimum absolute atomic E-state index is 0.00984. The molecule has 0 aromatic heterocycles. The molecule has 0 bridgehead atoms. The van der Waals surface area contributed by atoms with E-state index in [4.69, 9.17) is 9.47 Å². The minimum atomic E-state index is -0.745. The lowest BCUT2D eigenvalue weighted by molar-refractivity contribution is -0.117. The van der Waals surface area contributed by atoms with Gasteiger partial charge in [-0.05, 0) is 42.3 Å². The summed E-state index contributed by atoms with van der Waals surface area (Å²) in [6.07, 6.45) is 0.00984. The zero-order valence-corrected chi connectivity index (χ0v) is 17.9. The third kappa shape index (κ3) is 4.12. The standard InChI is InChI=1S/C26H23NO5/c1-17(28)14-22(27-25(29)20-10-6-7-11-21(20)26(27)30)19-12-13-23(31-2)24(15-19)32-16-18-8-4-3-5-9-18/h3-13,15,22H,14,16H2,1-2H3/t22-/m0/s1. The first-order valence-corrected chi connectivity index (χ1v) is 10.3. The first-order valence-electron chi connectivity index (χ1n) is 10.3. The van der Waals surface area contributed by atoms with Gasteiger partial charge in [-0.3, -0.25) is 19.3 Å². The van der Waals surface area contributed by atoms with Crippen LogP contribution in [0.5, 0.6) is 11.5 Å². The Morgan fingerprint density at radius 1 is 0.875 bits per heavy atom. The van der Waals surface area contributed by atoms with Gasteiger partial charge in [0.25, 0.3) is 11.8 Å². The average Bonchev–Trinajstić information content (AvgIpc) is 3.06. The van der Waals surface area contributed by atoms with Gasteiger partial charge in [0, 0.05) is 6.42 Å². The predicted octanol–water partition coefficient (Wildman–Crippen LogP) is 4.59. The van der Waals surface area contributed by atoms with E-state index in [1.54, 1.807) is 49.6 Å². The molecular formula is C26H23NO5. The highest BCUT2D eigenvalue weighted by Gasteiger charge is 2.40. The van der Waals surface area contributed by atoms with Crippen LogP contribution in [0.15, 0.2) is 72.8 Å². The Labute approximate surface area is 186 Å². The van der Waals surface area contributed by atoms with E-state index in [1.807, 2.05) is 30.3 Å². The van der Waals surface area contributed by atoms with Gasteiger partial charge >= 0.3 is 0 Å². The van der Waals surface area contributed by atoms with Crippen molar-refractivity contribution in [3.63, 3.8) is 0 Å².